The monoisotopic (exact) mass is 590 g/mol. The number of benzene rings is 1. The number of hydrogen-bond acceptors (Lipinski definition) is 9. The summed E-state index contributed by atoms with van der Waals surface area (Å²) in [4.78, 5) is 32.8. The van der Waals surface area contributed by atoms with Crippen LogP contribution in [0.1, 0.15) is 42.4 Å². The van der Waals surface area contributed by atoms with Crippen LogP contribution in [0.4, 0.5) is 9.57 Å². The van der Waals surface area contributed by atoms with Gasteiger partial charge in [-0.25, -0.2) is 13.9 Å². The number of nitrogens with zero attached hydrogens (tertiary/aromatic N) is 5. The molecule has 0 spiro atoms. The predicted molar refractivity (Wildman–Crippen MR) is 155 cm³/mol. The maximum absolute atomic E-state index is 13.4. The summed E-state index contributed by atoms with van der Waals surface area (Å²) in [5, 5.41) is 23.1. The van der Waals surface area contributed by atoms with Crippen molar-refractivity contribution in [1.29, 1.82) is 10.7 Å². The van der Waals surface area contributed by atoms with Crippen molar-refractivity contribution in [3.05, 3.63) is 52.4 Å². The molecule has 0 bridgehead atoms. The highest BCUT2D eigenvalue weighted by molar-refractivity contribution is 7.92. The first-order valence-corrected chi connectivity index (χ1v) is 13.4. The molecule has 3 heterocycles. The summed E-state index contributed by atoms with van der Waals surface area (Å²) in [6, 6.07) is 6.88. The van der Waals surface area contributed by atoms with Crippen LogP contribution in [0.2, 0.25) is 5.02 Å². The first-order chi connectivity index (χ1) is 19.3. The topological polar surface area (TPSA) is 149 Å². The average Bonchev–Trinajstić information content (AvgIpc) is 3.32. The number of fused-ring (bicyclic) bond motifs is 1. The van der Waals surface area contributed by atoms with Gasteiger partial charge in [0.2, 0.25) is 6.41 Å². The van der Waals surface area contributed by atoms with E-state index >= 15 is 0 Å². The molecule has 40 heavy (non-hydrogen) atoms. The molecular formula is C26H32ClFN8O3S. The normalized spacial score (nSPS) is 13.0. The first-order valence-electron chi connectivity index (χ1n) is 12.4. The lowest BCUT2D eigenvalue weighted by atomic mass is 10.0. The van der Waals surface area contributed by atoms with E-state index in [1.54, 1.807) is 37.1 Å². The molecule has 1 saturated heterocycles. The largest absolute Gasteiger partial charge is 0.388 e. The van der Waals surface area contributed by atoms with Crippen LogP contribution in [0.5, 0.6) is 0 Å². The fourth-order valence-electron chi connectivity index (χ4n) is 3.66. The summed E-state index contributed by atoms with van der Waals surface area (Å²) in [6.07, 6.45) is 3.48. The van der Waals surface area contributed by atoms with Gasteiger partial charge in [0.1, 0.15) is 11.2 Å². The zero-order chi connectivity index (χ0) is 29.8. The molecule has 0 radical (unpaired) electrons. The smallest absolute Gasteiger partial charge is 0.255 e. The van der Waals surface area contributed by atoms with Gasteiger partial charge < -0.3 is 20.3 Å². The van der Waals surface area contributed by atoms with Crippen molar-refractivity contribution in [3.8, 4) is 6.07 Å². The van der Waals surface area contributed by atoms with Gasteiger partial charge in [0.05, 0.1) is 36.1 Å². The molecule has 1 aromatic carbocycles. The van der Waals surface area contributed by atoms with Crippen LogP contribution < -0.4 is 10.6 Å². The predicted octanol–water partition coefficient (Wildman–Crippen LogP) is 4.31. The van der Waals surface area contributed by atoms with Crippen LogP contribution in [-0.2, 0) is 9.53 Å². The van der Waals surface area contributed by atoms with Crippen LogP contribution in [0, 0.1) is 22.7 Å². The van der Waals surface area contributed by atoms with E-state index in [0.29, 0.717) is 36.0 Å². The molecule has 11 nitrogen and oxygen atoms in total. The second-order valence-electron chi connectivity index (χ2n) is 8.40. The van der Waals surface area contributed by atoms with E-state index in [9.17, 15) is 13.5 Å². The Balaban J connectivity index is 0.000000475. The maximum atomic E-state index is 13.4. The minimum absolute atomic E-state index is 0.0849. The quantitative estimate of drug-likeness (QED) is 0.246. The van der Waals surface area contributed by atoms with E-state index in [-0.39, 0.29) is 52.4 Å². The summed E-state index contributed by atoms with van der Waals surface area (Å²) in [5.41, 5.74) is 2.09. The molecule has 0 unspecified atom stereocenters. The molecule has 2 aromatic heterocycles. The van der Waals surface area contributed by atoms with Gasteiger partial charge >= 0.3 is 0 Å². The summed E-state index contributed by atoms with van der Waals surface area (Å²) < 4.78 is 19.5. The van der Waals surface area contributed by atoms with Gasteiger partial charge in [-0.15, -0.1) is 3.89 Å². The zero-order valence-electron chi connectivity index (χ0n) is 22.9. The fraction of sp³-hybridized carbons (Fsp3) is 0.385. The highest BCUT2D eigenvalue weighted by atomic mass is 35.5. The maximum Gasteiger partial charge on any atom is 0.255 e. The van der Waals surface area contributed by atoms with Gasteiger partial charge in [0.25, 0.3) is 5.91 Å². The van der Waals surface area contributed by atoms with E-state index < -0.39 is 5.91 Å². The summed E-state index contributed by atoms with van der Waals surface area (Å²) in [6.45, 7) is 7.37. The van der Waals surface area contributed by atoms with Gasteiger partial charge in [-0.2, -0.15) is 5.26 Å². The lowest BCUT2D eigenvalue weighted by Crippen LogP contribution is -2.44. The third-order valence-corrected chi connectivity index (χ3v) is 6.26. The van der Waals surface area contributed by atoms with Crippen molar-refractivity contribution in [2.24, 2.45) is 5.92 Å². The van der Waals surface area contributed by atoms with E-state index in [1.807, 2.05) is 13.8 Å². The molecule has 214 valence electrons. The molecule has 14 heteroatoms. The first kappa shape index (κ1) is 32.5. The molecule has 1 fully saturated rings. The molecule has 3 N–H and O–H groups in total. The minimum atomic E-state index is -0.433. The second kappa shape index (κ2) is 15.8. The minimum Gasteiger partial charge on any atom is -0.388 e. The van der Waals surface area contributed by atoms with Crippen LogP contribution >= 0.6 is 23.9 Å². The van der Waals surface area contributed by atoms with Gasteiger partial charge in [-0.05, 0) is 25.1 Å². The number of halogens is 2. The number of nitriles is 1. The number of nitrogens with one attached hydrogen (secondary N) is 3. The van der Waals surface area contributed by atoms with Crippen molar-refractivity contribution < 1.29 is 18.2 Å². The highest BCUT2D eigenvalue weighted by Gasteiger charge is 2.24. The third kappa shape index (κ3) is 7.91. The fourth-order valence-corrected chi connectivity index (χ4v) is 4.17. The molecule has 3 aromatic rings. The molecule has 1 aliphatic heterocycles. The number of carbonyl (C=O) groups excluding carboxylic acids is 2. The van der Waals surface area contributed by atoms with Crippen LogP contribution in [0.3, 0.4) is 0 Å². The molecule has 1 atom stereocenters. The molecular weight excluding hydrogens is 559 g/mol. The van der Waals surface area contributed by atoms with Crippen molar-refractivity contribution in [2.75, 3.05) is 39.2 Å². The number of ether oxygens (including phenoxy) is 1. The average molecular weight is 591 g/mol. The molecule has 0 saturated carbocycles. The number of likely N-dealkylation sites (tertiary alicyclic amines) is 1. The number of rotatable bonds is 9. The van der Waals surface area contributed by atoms with Crippen LogP contribution in [-0.4, -0.2) is 76.8 Å². The van der Waals surface area contributed by atoms with Crippen LogP contribution in [0.25, 0.3) is 11.2 Å². The number of aromatic nitrogens is 3. The second-order valence-corrected chi connectivity index (χ2v) is 9.36. The zero-order valence-corrected chi connectivity index (χ0v) is 24.4. The van der Waals surface area contributed by atoms with E-state index in [0.717, 1.165) is 10.4 Å². The molecule has 0 aliphatic carbocycles. The summed E-state index contributed by atoms with van der Waals surface area (Å²) in [7, 11) is 3.26. The Hall–Kier alpha value is -3.73. The lowest BCUT2D eigenvalue weighted by molar-refractivity contribution is -0.122. The molecule has 2 amide bonds. The van der Waals surface area contributed by atoms with Gasteiger partial charge in [-0.1, -0.05) is 25.4 Å². The van der Waals surface area contributed by atoms with Gasteiger partial charge in [0, 0.05) is 55.8 Å². The lowest BCUT2D eigenvalue weighted by Gasteiger charge is -2.31. The molecule has 4 rings (SSSR count). The number of methoxy groups -OCH3 is 1. The summed E-state index contributed by atoms with van der Waals surface area (Å²) >= 11 is 5.95. The standard InChI is InChI=1S/C19H20ClFN6O2S.C5H6N2O.C2H6/c1-10(9-29-3)25-19(28)13-8-27(30-21)18-17(13)26-15(7-24-18)16(22)12-5-4-11(20)6-14(12)23-2;6-1-5-2-7(3-5)4-8;1-2/h4-8,10,22-23H,9H2,1-3H3,(H,25,28);4-5H,2-3H2;1-2H3/t10-;;/m0../s1. The molecule has 1 aliphatic rings. The van der Waals surface area contributed by atoms with Crippen molar-refractivity contribution in [3.63, 3.8) is 0 Å². The van der Waals surface area contributed by atoms with E-state index in [4.69, 9.17) is 27.0 Å². The number of amides is 2. The van der Waals surface area contributed by atoms with Gasteiger partial charge in [-0.3, -0.25) is 15.0 Å². The SMILES string of the molecule is CC.CNc1cc(Cl)ccc1C(=N)c1cnc2c(n1)c(C(=O)N[C@@H](C)COC)cn2SF.N#CC1CN(C=O)C1. The Morgan fingerprint density at radius 1 is 1.40 bits per heavy atom. The Labute approximate surface area is 242 Å². The highest BCUT2D eigenvalue weighted by Crippen LogP contribution is 2.26. The third-order valence-electron chi connectivity index (χ3n) is 5.59. The van der Waals surface area contributed by atoms with Crippen molar-refractivity contribution in [1.82, 2.24) is 24.2 Å². The van der Waals surface area contributed by atoms with E-state index in [1.165, 1.54) is 19.5 Å². The Kier molecular flexibility index (Phi) is 12.8. The number of carbonyl (C=O) groups is 2. The van der Waals surface area contributed by atoms with Crippen molar-refractivity contribution >= 4 is 58.8 Å². The number of anilines is 1. The Morgan fingerprint density at radius 2 is 2.10 bits per heavy atom. The van der Waals surface area contributed by atoms with Crippen molar-refractivity contribution in [2.45, 2.75) is 26.8 Å². The summed E-state index contributed by atoms with van der Waals surface area (Å²) in [5.74, 6) is -0.335. The number of hydrogen-bond donors (Lipinski definition) is 3. The Morgan fingerprint density at radius 3 is 2.67 bits per heavy atom. The van der Waals surface area contributed by atoms with Gasteiger partial charge in [0.15, 0.2) is 18.0 Å². The van der Waals surface area contributed by atoms with Crippen LogP contribution in [0.15, 0.2) is 30.6 Å². The van der Waals surface area contributed by atoms with E-state index in [2.05, 4.69) is 26.7 Å². The Bertz CT molecular complexity index is 1370.